The first-order valence-electron chi connectivity index (χ1n) is 6.05. The number of Topliss-reactive ketones (excluding diaryl/α,β-unsaturated/α-hetero) is 1. The van der Waals surface area contributed by atoms with E-state index in [2.05, 4.69) is 5.32 Å². The van der Waals surface area contributed by atoms with Crippen molar-refractivity contribution >= 4 is 17.6 Å². The molecular weight excluding hydrogens is 234 g/mol. The number of ketones is 1. The fourth-order valence-corrected chi connectivity index (χ4v) is 1.55. The van der Waals surface area contributed by atoms with Gasteiger partial charge in [-0.1, -0.05) is 13.8 Å². The first-order chi connectivity index (χ1) is 8.31. The van der Waals surface area contributed by atoms with Crippen LogP contribution in [0.3, 0.4) is 0 Å². The monoisotopic (exact) mass is 257 g/mol. The van der Waals surface area contributed by atoms with Gasteiger partial charge in [0.25, 0.3) is 0 Å². The van der Waals surface area contributed by atoms with Crippen LogP contribution in [0.4, 0.5) is 0 Å². The number of hydrogen-bond acceptors (Lipinski definition) is 4. The summed E-state index contributed by atoms with van der Waals surface area (Å²) in [7, 11) is 1.54. The van der Waals surface area contributed by atoms with E-state index in [9.17, 15) is 14.4 Å². The molecule has 0 aromatic heterocycles. The maximum absolute atomic E-state index is 11.9. The van der Waals surface area contributed by atoms with Crippen molar-refractivity contribution in [3.8, 4) is 0 Å². The summed E-state index contributed by atoms with van der Waals surface area (Å²) in [6.45, 7) is 5.55. The van der Waals surface area contributed by atoms with Crippen molar-refractivity contribution < 1.29 is 14.4 Å². The molecule has 0 heterocycles. The normalized spacial score (nSPS) is 12.1. The molecule has 0 fully saturated rings. The number of likely N-dealkylation sites (N-methyl/N-ethyl adjacent to an activating group) is 1. The van der Waals surface area contributed by atoms with E-state index < -0.39 is 6.04 Å². The molecule has 0 bridgehead atoms. The van der Waals surface area contributed by atoms with Crippen molar-refractivity contribution in [2.45, 2.75) is 33.2 Å². The molecule has 0 rings (SSSR count). The number of nitrogens with one attached hydrogen (secondary N) is 1. The highest BCUT2D eigenvalue weighted by Crippen LogP contribution is 2.08. The van der Waals surface area contributed by atoms with Gasteiger partial charge < -0.3 is 16.0 Å². The fraction of sp³-hybridized carbons (Fsp3) is 0.750. The van der Waals surface area contributed by atoms with Gasteiger partial charge in [0, 0.05) is 32.5 Å². The number of carbonyl (C=O) groups is 3. The molecule has 1 atom stereocenters. The zero-order valence-electron chi connectivity index (χ0n) is 11.5. The summed E-state index contributed by atoms with van der Waals surface area (Å²) in [5.74, 6) is -0.852. The number of nitrogens with two attached hydrogens (primary N) is 1. The first-order valence-corrected chi connectivity index (χ1v) is 6.05. The first kappa shape index (κ1) is 16.6. The molecule has 0 aliphatic rings. The van der Waals surface area contributed by atoms with Crippen molar-refractivity contribution in [3.63, 3.8) is 0 Å². The highest BCUT2D eigenvalue weighted by molar-refractivity contribution is 5.92. The summed E-state index contributed by atoms with van der Waals surface area (Å²) >= 11 is 0. The Morgan fingerprint density at radius 3 is 2.22 bits per heavy atom. The molecule has 0 saturated heterocycles. The molecule has 0 aliphatic heterocycles. The molecule has 18 heavy (non-hydrogen) atoms. The van der Waals surface area contributed by atoms with Crippen LogP contribution in [0.2, 0.25) is 0 Å². The van der Waals surface area contributed by atoms with Gasteiger partial charge in [0.2, 0.25) is 11.8 Å². The molecule has 3 N–H and O–H groups in total. The van der Waals surface area contributed by atoms with Crippen LogP contribution in [0.15, 0.2) is 0 Å². The Bertz CT molecular complexity index is 316. The number of amides is 2. The SMILES string of the molecule is CC(=O)C[C@@H](C(=O)NCCN)N(C)C(=O)C(C)C. The third kappa shape index (κ3) is 5.27. The number of hydrogen-bond donors (Lipinski definition) is 2. The maximum atomic E-state index is 11.9. The largest absolute Gasteiger partial charge is 0.353 e. The van der Waals surface area contributed by atoms with Crippen LogP contribution in [0.5, 0.6) is 0 Å². The lowest BCUT2D eigenvalue weighted by atomic mass is 10.1. The third-order valence-corrected chi connectivity index (χ3v) is 2.54. The minimum absolute atomic E-state index is 0.0192. The van der Waals surface area contributed by atoms with Crippen molar-refractivity contribution in [3.05, 3.63) is 0 Å². The van der Waals surface area contributed by atoms with E-state index in [1.165, 1.54) is 18.9 Å². The van der Waals surface area contributed by atoms with Crippen LogP contribution >= 0.6 is 0 Å². The van der Waals surface area contributed by atoms with E-state index in [1.54, 1.807) is 13.8 Å². The Labute approximate surface area is 108 Å². The fourth-order valence-electron chi connectivity index (χ4n) is 1.55. The van der Waals surface area contributed by atoms with E-state index >= 15 is 0 Å². The summed E-state index contributed by atoms with van der Waals surface area (Å²) in [4.78, 5) is 36.3. The van der Waals surface area contributed by atoms with Gasteiger partial charge >= 0.3 is 0 Å². The van der Waals surface area contributed by atoms with Gasteiger partial charge in [-0.2, -0.15) is 0 Å². The van der Waals surface area contributed by atoms with Crippen LogP contribution in [-0.2, 0) is 14.4 Å². The summed E-state index contributed by atoms with van der Waals surface area (Å²) in [6, 6.07) is -0.760. The average Bonchev–Trinajstić information content (AvgIpc) is 2.30. The third-order valence-electron chi connectivity index (χ3n) is 2.54. The maximum Gasteiger partial charge on any atom is 0.243 e. The second-order valence-electron chi connectivity index (χ2n) is 4.61. The quantitative estimate of drug-likeness (QED) is 0.644. The zero-order valence-corrected chi connectivity index (χ0v) is 11.5. The molecule has 6 heteroatoms. The van der Waals surface area contributed by atoms with E-state index in [0.717, 1.165) is 0 Å². The van der Waals surface area contributed by atoms with E-state index in [1.807, 2.05) is 0 Å². The zero-order chi connectivity index (χ0) is 14.3. The van der Waals surface area contributed by atoms with Crippen molar-refractivity contribution in [1.82, 2.24) is 10.2 Å². The van der Waals surface area contributed by atoms with Crippen LogP contribution in [-0.4, -0.2) is 48.7 Å². The van der Waals surface area contributed by atoms with Gasteiger partial charge in [-0.3, -0.25) is 14.4 Å². The van der Waals surface area contributed by atoms with Gasteiger partial charge in [-0.25, -0.2) is 0 Å². The average molecular weight is 257 g/mol. The van der Waals surface area contributed by atoms with Gasteiger partial charge in [-0.05, 0) is 6.92 Å². The molecule has 0 radical (unpaired) electrons. The smallest absolute Gasteiger partial charge is 0.243 e. The van der Waals surface area contributed by atoms with Crippen LogP contribution < -0.4 is 11.1 Å². The Balaban J connectivity index is 4.81. The van der Waals surface area contributed by atoms with Gasteiger partial charge in [0.05, 0.1) is 0 Å². The Hall–Kier alpha value is -1.43. The Morgan fingerprint density at radius 1 is 1.28 bits per heavy atom. The molecule has 0 aromatic rings. The lowest BCUT2D eigenvalue weighted by Gasteiger charge is -2.28. The van der Waals surface area contributed by atoms with Crippen molar-refractivity contribution in [2.75, 3.05) is 20.1 Å². The van der Waals surface area contributed by atoms with Crippen LogP contribution in [0.1, 0.15) is 27.2 Å². The minimum atomic E-state index is -0.760. The molecule has 0 saturated carbocycles. The molecular formula is C12H23N3O3. The number of nitrogens with zero attached hydrogens (tertiary/aromatic N) is 1. The lowest BCUT2D eigenvalue weighted by molar-refractivity contribution is -0.142. The molecule has 0 unspecified atom stereocenters. The predicted molar refractivity (Wildman–Crippen MR) is 68.8 cm³/mol. The highest BCUT2D eigenvalue weighted by Gasteiger charge is 2.28. The lowest BCUT2D eigenvalue weighted by Crippen LogP contribution is -2.50. The second-order valence-corrected chi connectivity index (χ2v) is 4.61. The van der Waals surface area contributed by atoms with E-state index in [0.29, 0.717) is 13.1 Å². The number of carbonyl (C=O) groups excluding carboxylic acids is 3. The van der Waals surface area contributed by atoms with Crippen LogP contribution in [0, 0.1) is 5.92 Å². The molecule has 6 nitrogen and oxygen atoms in total. The summed E-state index contributed by atoms with van der Waals surface area (Å²) in [5.41, 5.74) is 5.30. The summed E-state index contributed by atoms with van der Waals surface area (Å²) < 4.78 is 0. The Kier molecular flexibility index (Phi) is 7.19. The van der Waals surface area contributed by atoms with Crippen molar-refractivity contribution in [1.29, 1.82) is 0 Å². The summed E-state index contributed by atoms with van der Waals surface area (Å²) in [5, 5.41) is 2.60. The van der Waals surface area contributed by atoms with Gasteiger partial charge in [0.15, 0.2) is 0 Å². The molecule has 0 spiro atoms. The number of rotatable bonds is 7. The molecule has 0 aliphatic carbocycles. The van der Waals surface area contributed by atoms with Crippen LogP contribution in [0.25, 0.3) is 0 Å². The molecule has 2 amide bonds. The Morgan fingerprint density at radius 2 is 1.83 bits per heavy atom. The molecule has 104 valence electrons. The highest BCUT2D eigenvalue weighted by atomic mass is 16.2. The van der Waals surface area contributed by atoms with Gasteiger partial charge in [0.1, 0.15) is 11.8 Å². The van der Waals surface area contributed by atoms with E-state index in [4.69, 9.17) is 5.73 Å². The second kappa shape index (κ2) is 7.81. The molecule has 0 aromatic carbocycles. The standard InChI is InChI=1S/C12H23N3O3/c1-8(2)12(18)15(4)10(7-9(3)16)11(17)14-6-5-13/h8,10H,5-7,13H2,1-4H3,(H,14,17)/t10-/m0/s1. The van der Waals surface area contributed by atoms with Gasteiger partial charge in [-0.15, -0.1) is 0 Å². The van der Waals surface area contributed by atoms with E-state index in [-0.39, 0.29) is 29.9 Å². The topological polar surface area (TPSA) is 92.5 Å². The minimum Gasteiger partial charge on any atom is -0.353 e. The predicted octanol–water partition coefficient (Wildman–Crippen LogP) is -0.477. The van der Waals surface area contributed by atoms with Crippen molar-refractivity contribution in [2.24, 2.45) is 11.7 Å². The summed E-state index contributed by atoms with van der Waals surface area (Å²) in [6.07, 6.45) is 0.0192.